The highest BCUT2D eigenvalue weighted by atomic mass is 16.5. The van der Waals surface area contributed by atoms with E-state index in [0.717, 1.165) is 19.3 Å². The fourth-order valence-corrected chi connectivity index (χ4v) is 2.74. The molecule has 1 aliphatic carbocycles. The molecule has 1 aromatic rings. The van der Waals surface area contributed by atoms with Gasteiger partial charge in [-0.3, -0.25) is 4.79 Å². The molecule has 0 bridgehead atoms. The monoisotopic (exact) mass is 292 g/mol. The van der Waals surface area contributed by atoms with Gasteiger partial charge in [0, 0.05) is 6.20 Å². The van der Waals surface area contributed by atoms with Crippen LogP contribution in [0, 0.1) is 0 Å². The van der Waals surface area contributed by atoms with Crippen molar-refractivity contribution >= 4 is 11.9 Å². The summed E-state index contributed by atoms with van der Waals surface area (Å²) in [7, 11) is 2.80. The maximum atomic E-state index is 12.5. The summed E-state index contributed by atoms with van der Waals surface area (Å²) in [4.78, 5) is 28.6. The molecule has 114 valence electrons. The number of hydrogen-bond donors (Lipinski definition) is 1. The minimum atomic E-state index is -0.940. The van der Waals surface area contributed by atoms with Crippen molar-refractivity contribution in [2.45, 2.75) is 37.6 Å². The number of nitrogens with one attached hydrogen (secondary N) is 1. The van der Waals surface area contributed by atoms with Gasteiger partial charge in [0.1, 0.15) is 11.1 Å². The Bertz CT molecular complexity index is 524. The molecule has 1 saturated carbocycles. The lowest BCUT2D eigenvalue weighted by Gasteiger charge is -2.35. The van der Waals surface area contributed by atoms with E-state index in [1.807, 2.05) is 0 Å². The number of ether oxygens (including phenoxy) is 2. The van der Waals surface area contributed by atoms with E-state index in [9.17, 15) is 9.59 Å². The average molecular weight is 292 g/mol. The fourth-order valence-electron chi connectivity index (χ4n) is 2.74. The van der Waals surface area contributed by atoms with Crippen molar-refractivity contribution < 1.29 is 19.1 Å². The van der Waals surface area contributed by atoms with E-state index in [4.69, 9.17) is 9.47 Å². The summed E-state index contributed by atoms with van der Waals surface area (Å²) in [6.45, 7) is 0. The van der Waals surface area contributed by atoms with Gasteiger partial charge >= 0.3 is 5.97 Å². The van der Waals surface area contributed by atoms with Crippen LogP contribution in [0.4, 0.5) is 0 Å². The SMILES string of the molecule is COC(=O)C1(NC(=O)c2cccnc2OC)CCCCC1. The lowest BCUT2D eigenvalue weighted by atomic mass is 9.81. The molecular weight excluding hydrogens is 272 g/mol. The van der Waals surface area contributed by atoms with Crippen LogP contribution >= 0.6 is 0 Å². The quantitative estimate of drug-likeness (QED) is 0.855. The van der Waals surface area contributed by atoms with E-state index < -0.39 is 11.5 Å². The first-order chi connectivity index (χ1) is 10.1. The lowest BCUT2D eigenvalue weighted by Crippen LogP contribution is -2.56. The second-order valence-corrected chi connectivity index (χ2v) is 5.15. The summed E-state index contributed by atoms with van der Waals surface area (Å²) < 4.78 is 9.97. The maximum absolute atomic E-state index is 12.5. The molecule has 0 unspecified atom stereocenters. The molecule has 0 radical (unpaired) electrons. The molecule has 0 spiro atoms. The summed E-state index contributed by atoms with van der Waals surface area (Å²) in [5, 5.41) is 2.84. The molecule has 6 nitrogen and oxygen atoms in total. The van der Waals surface area contributed by atoms with E-state index in [1.54, 1.807) is 18.3 Å². The number of carbonyl (C=O) groups is 2. The van der Waals surface area contributed by atoms with Crippen molar-refractivity contribution in [1.82, 2.24) is 10.3 Å². The molecule has 0 aliphatic heterocycles. The Labute approximate surface area is 123 Å². The molecule has 1 fully saturated rings. The van der Waals surface area contributed by atoms with E-state index in [0.29, 0.717) is 18.4 Å². The van der Waals surface area contributed by atoms with Crippen LogP contribution in [0.25, 0.3) is 0 Å². The Kier molecular flexibility index (Phi) is 4.77. The van der Waals surface area contributed by atoms with Gasteiger partial charge in [-0.25, -0.2) is 9.78 Å². The summed E-state index contributed by atoms with van der Waals surface area (Å²) in [6.07, 6.45) is 5.57. The summed E-state index contributed by atoms with van der Waals surface area (Å²) in [6, 6.07) is 3.28. The van der Waals surface area contributed by atoms with Gasteiger partial charge in [0.15, 0.2) is 0 Å². The van der Waals surface area contributed by atoms with E-state index >= 15 is 0 Å². The van der Waals surface area contributed by atoms with Crippen LogP contribution in [0.3, 0.4) is 0 Å². The third-order valence-corrected chi connectivity index (χ3v) is 3.85. The van der Waals surface area contributed by atoms with Crippen LogP contribution < -0.4 is 10.1 Å². The number of esters is 1. The minimum Gasteiger partial charge on any atom is -0.480 e. The van der Waals surface area contributed by atoms with Crippen molar-refractivity contribution in [2.75, 3.05) is 14.2 Å². The molecule has 1 aromatic heterocycles. The second-order valence-electron chi connectivity index (χ2n) is 5.15. The maximum Gasteiger partial charge on any atom is 0.331 e. The smallest absolute Gasteiger partial charge is 0.331 e. The van der Waals surface area contributed by atoms with Gasteiger partial charge in [-0.1, -0.05) is 19.3 Å². The Hall–Kier alpha value is -2.11. The number of aromatic nitrogens is 1. The third kappa shape index (κ3) is 3.15. The van der Waals surface area contributed by atoms with Crippen LogP contribution in [0.1, 0.15) is 42.5 Å². The van der Waals surface area contributed by atoms with Crippen molar-refractivity contribution in [3.05, 3.63) is 23.9 Å². The topological polar surface area (TPSA) is 77.5 Å². The predicted octanol–water partition coefficient (Wildman–Crippen LogP) is 1.70. The highest BCUT2D eigenvalue weighted by Crippen LogP contribution is 2.30. The van der Waals surface area contributed by atoms with Gasteiger partial charge in [-0.2, -0.15) is 0 Å². The highest BCUT2D eigenvalue weighted by molar-refractivity contribution is 5.99. The highest BCUT2D eigenvalue weighted by Gasteiger charge is 2.42. The van der Waals surface area contributed by atoms with Crippen LogP contribution in [0.2, 0.25) is 0 Å². The zero-order valence-electron chi connectivity index (χ0n) is 12.3. The molecule has 0 saturated heterocycles. The van der Waals surface area contributed by atoms with Gasteiger partial charge in [0.25, 0.3) is 5.91 Å². The molecule has 1 heterocycles. The molecule has 1 aliphatic rings. The standard InChI is InChI=1S/C15H20N2O4/c1-20-13-11(7-6-10-16-13)12(18)17-15(14(19)21-2)8-4-3-5-9-15/h6-7,10H,3-5,8-9H2,1-2H3,(H,17,18). The molecule has 2 rings (SSSR count). The summed E-state index contributed by atoms with van der Waals surface area (Å²) in [5.74, 6) is -0.517. The molecule has 21 heavy (non-hydrogen) atoms. The Morgan fingerprint density at radius 3 is 2.57 bits per heavy atom. The largest absolute Gasteiger partial charge is 0.480 e. The first kappa shape index (κ1) is 15.3. The molecule has 1 N–H and O–H groups in total. The molecular formula is C15H20N2O4. The molecule has 6 heteroatoms. The second kappa shape index (κ2) is 6.56. The summed E-state index contributed by atoms with van der Waals surface area (Å²) >= 11 is 0. The number of nitrogens with zero attached hydrogens (tertiary/aromatic N) is 1. The van der Waals surface area contributed by atoms with Gasteiger partial charge in [-0.15, -0.1) is 0 Å². The van der Waals surface area contributed by atoms with Crippen molar-refractivity contribution in [2.24, 2.45) is 0 Å². The van der Waals surface area contributed by atoms with Gasteiger partial charge in [0.05, 0.1) is 14.2 Å². The molecule has 0 atom stereocenters. The number of carbonyl (C=O) groups excluding carboxylic acids is 2. The first-order valence-electron chi connectivity index (χ1n) is 7.03. The zero-order valence-corrected chi connectivity index (χ0v) is 12.3. The van der Waals surface area contributed by atoms with Crippen LogP contribution in [0.5, 0.6) is 5.88 Å². The molecule has 1 amide bonds. The minimum absolute atomic E-state index is 0.242. The number of pyridine rings is 1. The number of methoxy groups -OCH3 is 2. The van der Waals surface area contributed by atoms with E-state index in [1.165, 1.54) is 14.2 Å². The number of hydrogen-bond acceptors (Lipinski definition) is 5. The zero-order chi connectivity index (χ0) is 15.3. The van der Waals surface area contributed by atoms with Crippen molar-refractivity contribution in [3.8, 4) is 5.88 Å². The van der Waals surface area contributed by atoms with Gasteiger partial charge in [-0.05, 0) is 25.0 Å². The average Bonchev–Trinajstić information content (AvgIpc) is 2.54. The fraction of sp³-hybridized carbons (Fsp3) is 0.533. The van der Waals surface area contributed by atoms with E-state index in [-0.39, 0.29) is 11.8 Å². The third-order valence-electron chi connectivity index (χ3n) is 3.85. The summed E-state index contributed by atoms with van der Waals surface area (Å²) in [5.41, 5.74) is -0.626. The first-order valence-corrected chi connectivity index (χ1v) is 7.03. The Morgan fingerprint density at radius 1 is 1.24 bits per heavy atom. The lowest BCUT2D eigenvalue weighted by molar-refractivity contribution is -0.149. The van der Waals surface area contributed by atoms with Crippen LogP contribution in [0.15, 0.2) is 18.3 Å². The van der Waals surface area contributed by atoms with Gasteiger partial charge < -0.3 is 14.8 Å². The van der Waals surface area contributed by atoms with Crippen LogP contribution in [-0.2, 0) is 9.53 Å². The Morgan fingerprint density at radius 2 is 1.95 bits per heavy atom. The van der Waals surface area contributed by atoms with Crippen molar-refractivity contribution in [3.63, 3.8) is 0 Å². The van der Waals surface area contributed by atoms with E-state index in [2.05, 4.69) is 10.3 Å². The number of amides is 1. The number of rotatable bonds is 4. The van der Waals surface area contributed by atoms with Crippen molar-refractivity contribution in [1.29, 1.82) is 0 Å². The van der Waals surface area contributed by atoms with Gasteiger partial charge in [0.2, 0.25) is 5.88 Å². The molecule has 0 aromatic carbocycles. The van der Waals surface area contributed by atoms with Crippen LogP contribution in [-0.4, -0.2) is 36.6 Å². The predicted molar refractivity (Wildman–Crippen MR) is 76.1 cm³/mol. The normalized spacial score (nSPS) is 16.9. The Balaban J connectivity index is 2.24.